The van der Waals surface area contributed by atoms with Gasteiger partial charge in [-0.1, -0.05) is 51.0 Å². The molecule has 90 valence electrons. The highest BCUT2D eigenvalue weighted by Gasteiger charge is 2.06. The van der Waals surface area contributed by atoms with Gasteiger partial charge in [0, 0.05) is 14.5 Å². The molecule has 16 heavy (non-hydrogen) atoms. The fraction of sp³-hybridized carbons (Fsp3) is 0.500. The van der Waals surface area contributed by atoms with Gasteiger partial charge in [-0.3, -0.25) is 0 Å². The third-order valence-corrected chi connectivity index (χ3v) is 3.58. The maximum Gasteiger partial charge on any atom is 0.102 e. The summed E-state index contributed by atoms with van der Waals surface area (Å²) in [5, 5.41) is 11.8. The van der Waals surface area contributed by atoms with Gasteiger partial charge in [-0.05, 0) is 18.6 Å². The van der Waals surface area contributed by atoms with E-state index < -0.39 is 0 Å². The van der Waals surface area contributed by atoms with Gasteiger partial charge in [-0.2, -0.15) is 0 Å². The van der Waals surface area contributed by atoms with Crippen molar-refractivity contribution >= 4 is 31.9 Å². The lowest BCUT2D eigenvalue weighted by Crippen LogP contribution is -3.07. The van der Waals surface area contributed by atoms with Crippen molar-refractivity contribution in [3.05, 3.63) is 26.6 Å². The Hall–Kier alpha value is -0.0600. The Morgan fingerprint density at radius 2 is 2.00 bits per heavy atom. The molecule has 2 nitrogen and oxygen atoms in total. The molecule has 0 saturated carbocycles. The van der Waals surface area contributed by atoms with E-state index in [1.54, 1.807) is 6.07 Å². The van der Waals surface area contributed by atoms with Gasteiger partial charge >= 0.3 is 0 Å². The van der Waals surface area contributed by atoms with Crippen molar-refractivity contribution in [1.82, 2.24) is 0 Å². The number of quaternary nitrogens is 1. The molecule has 0 fully saturated rings. The smallest absolute Gasteiger partial charge is 0.102 e. The van der Waals surface area contributed by atoms with Crippen molar-refractivity contribution in [2.45, 2.75) is 26.3 Å². The molecule has 0 aliphatic heterocycles. The van der Waals surface area contributed by atoms with E-state index in [1.165, 1.54) is 17.7 Å². The first kappa shape index (κ1) is 14.0. The third-order valence-electron chi connectivity index (χ3n) is 2.53. The minimum Gasteiger partial charge on any atom is -0.871 e. The van der Waals surface area contributed by atoms with Crippen LogP contribution < -0.4 is 10.0 Å². The van der Waals surface area contributed by atoms with Gasteiger partial charge in [0.2, 0.25) is 0 Å². The van der Waals surface area contributed by atoms with E-state index in [2.05, 4.69) is 45.8 Å². The molecule has 0 radical (unpaired) electrons. The molecule has 0 aliphatic carbocycles. The second-order valence-electron chi connectivity index (χ2n) is 4.11. The van der Waals surface area contributed by atoms with Gasteiger partial charge in [0.15, 0.2) is 0 Å². The summed E-state index contributed by atoms with van der Waals surface area (Å²) in [7, 11) is 2.13. The van der Waals surface area contributed by atoms with Crippen molar-refractivity contribution in [3.63, 3.8) is 0 Å². The average molecular weight is 351 g/mol. The molecular formula is C12H17Br2NO. The van der Waals surface area contributed by atoms with Crippen molar-refractivity contribution in [1.29, 1.82) is 0 Å². The molecule has 0 heterocycles. The van der Waals surface area contributed by atoms with Crippen LogP contribution >= 0.6 is 31.9 Å². The number of benzene rings is 1. The van der Waals surface area contributed by atoms with Gasteiger partial charge in [-0.15, -0.1) is 0 Å². The third kappa shape index (κ3) is 4.07. The molecular weight excluding hydrogens is 334 g/mol. The molecule has 0 spiro atoms. The van der Waals surface area contributed by atoms with E-state index in [9.17, 15) is 5.11 Å². The first-order valence-electron chi connectivity index (χ1n) is 5.50. The van der Waals surface area contributed by atoms with Gasteiger partial charge < -0.3 is 10.0 Å². The predicted molar refractivity (Wildman–Crippen MR) is 71.7 cm³/mol. The zero-order chi connectivity index (χ0) is 12.1. The Labute approximate surface area is 114 Å². The Morgan fingerprint density at radius 1 is 1.31 bits per heavy atom. The zero-order valence-corrected chi connectivity index (χ0v) is 12.8. The molecule has 0 saturated heterocycles. The lowest BCUT2D eigenvalue weighted by molar-refractivity contribution is -0.894. The number of hydrogen-bond donors (Lipinski definition) is 1. The van der Waals surface area contributed by atoms with Crippen LogP contribution in [0.25, 0.3) is 0 Å². The molecule has 1 aromatic rings. The number of hydrogen-bond acceptors (Lipinski definition) is 1. The zero-order valence-electron chi connectivity index (χ0n) is 9.65. The number of halogens is 2. The van der Waals surface area contributed by atoms with E-state index in [-0.39, 0.29) is 5.75 Å². The van der Waals surface area contributed by atoms with Crippen molar-refractivity contribution in [2.24, 2.45) is 0 Å². The highest BCUT2D eigenvalue weighted by molar-refractivity contribution is 9.11. The lowest BCUT2D eigenvalue weighted by Gasteiger charge is -2.20. The van der Waals surface area contributed by atoms with Crippen LogP contribution in [0.5, 0.6) is 5.75 Å². The van der Waals surface area contributed by atoms with E-state index in [0.717, 1.165) is 23.1 Å². The summed E-state index contributed by atoms with van der Waals surface area (Å²) in [6.07, 6.45) is 2.40. The summed E-state index contributed by atoms with van der Waals surface area (Å²) in [5.74, 6) is 0.110. The topological polar surface area (TPSA) is 27.5 Å². The molecule has 0 bridgehead atoms. The molecule has 1 atom stereocenters. The van der Waals surface area contributed by atoms with Crippen LogP contribution in [-0.4, -0.2) is 13.6 Å². The van der Waals surface area contributed by atoms with E-state index in [4.69, 9.17) is 0 Å². The second-order valence-corrected chi connectivity index (χ2v) is 5.88. The molecule has 0 aromatic heterocycles. The SMILES string of the molecule is CCCC[NH+](C)Cc1cc(Br)cc(Br)c1[O-]. The van der Waals surface area contributed by atoms with E-state index in [0.29, 0.717) is 4.47 Å². The summed E-state index contributed by atoms with van der Waals surface area (Å²) in [4.78, 5) is 1.38. The second kappa shape index (κ2) is 6.62. The highest BCUT2D eigenvalue weighted by Crippen LogP contribution is 2.28. The molecule has 1 rings (SSSR count). The molecule has 0 amide bonds. The van der Waals surface area contributed by atoms with E-state index in [1.807, 2.05) is 6.07 Å². The normalized spacial score (nSPS) is 12.8. The molecule has 0 aliphatic rings. The Morgan fingerprint density at radius 3 is 2.62 bits per heavy atom. The number of rotatable bonds is 5. The maximum atomic E-state index is 11.8. The molecule has 1 unspecified atom stereocenters. The van der Waals surface area contributed by atoms with Crippen LogP contribution in [0, 0.1) is 0 Å². The Kier molecular flexibility index (Phi) is 5.79. The predicted octanol–water partition coefficient (Wildman–Crippen LogP) is 2.10. The summed E-state index contributed by atoms with van der Waals surface area (Å²) < 4.78 is 1.59. The van der Waals surface area contributed by atoms with E-state index >= 15 is 0 Å². The van der Waals surface area contributed by atoms with Gasteiger partial charge in [-0.25, -0.2) is 0 Å². The largest absolute Gasteiger partial charge is 0.871 e. The summed E-state index contributed by atoms with van der Waals surface area (Å²) in [6, 6.07) is 3.72. The van der Waals surface area contributed by atoms with Crippen LogP contribution in [-0.2, 0) is 6.54 Å². The Balaban J connectivity index is 2.72. The first-order valence-corrected chi connectivity index (χ1v) is 7.09. The standard InChI is InChI=1S/C12H17Br2NO/c1-3-4-5-15(2)8-9-6-10(13)7-11(14)12(9)16/h6-7,16H,3-5,8H2,1-2H3. The fourth-order valence-electron chi connectivity index (χ4n) is 1.64. The van der Waals surface area contributed by atoms with Gasteiger partial charge in [0.25, 0.3) is 0 Å². The summed E-state index contributed by atoms with van der Waals surface area (Å²) in [6.45, 7) is 4.08. The first-order chi connectivity index (χ1) is 7.54. The van der Waals surface area contributed by atoms with Crippen LogP contribution in [0.1, 0.15) is 25.3 Å². The summed E-state index contributed by atoms with van der Waals surface area (Å²) in [5.41, 5.74) is 0.870. The molecule has 1 aromatic carbocycles. The minimum atomic E-state index is 0.110. The number of unbranched alkanes of at least 4 members (excludes halogenated alkanes) is 1. The van der Waals surface area contributed by atoms with Crippen molar-refractivity contribution in [2.75, 3.05) is 13.6 Å². The lowest BCUT2D eigenvalue weighted by atomic mass is 10.2. The van der Waals surface area contributed by atoms with Crippen LogP contribution in [0.2, 0.25) is 0 Å². The minimum absolute atomic E-state index is 0.110. The average Bonchev–Trinajstić information content (AvgIpc) is 2.22. The van der Waals surface area contributed by atoms with Gasteiger partial charge in [0.1, 0.15) is 6.54 Å². The van der Waals surface area contributed by atoms with Crippen LogP contribution in [0.4, 0.5) is 0 Å². The number of nitrogens with one attached hydrogen (secondary N) is 1. The van der Waals surface area contributed by atoms with Gasteiger partial charge in [0.05, 0.1) is 13.6 Å². The van der Waals surface area contributed by atoms with Crippen molar-refractivity contribution < 1.29 is 10.0 Å². The Bertz CT molecular complexity index is 355. The monoisotopic (exact) mass is 349 g/mol. The highest BCUT2D eigenvalue weighted by atomic mass is 79.9. The molecule has 1 N–H and O–H groups in total. The molecule has 4 heteroatoms. The summed E-state index contributed by atoms with van der Waals surface area (Å²) >= 11 is 6.70. The maximum absolute atomic E-state index is 11.8. The fourth-order valence-corrected chi connectivity index (χ4v) is 2.95. The van der Waals surface area contributed by atoms with Crippen LogP contribution in [0.15, 0.2) is 21.1 Å². The quantitative estimate of drug-likeness (QED) is 0.865. The van der Waals surface area contributed by atoms with Crippen LogP contribution in [0.3, 0.4) is 0 Å². The van der Waals surface area contributed by atoms with Crippen molar-refractivity contribution in [3.8, 4) is 5.75 Å².